The number of hydrogen-bond donors (Lipinski definition) is 0. The third-order valence-electron chi connectivity index (χ3n) is 3.31. The predicted molar refractivity (Wildman–Crippen MR) is 72.2 cm³/mol. The first-order valence-electron chi connectivity index (χ1n) is 6.15. The molecule has 1 aliphatic heterocycles. The Hall–Kier alpha value is -2.18. The van der Waals surface area contributed by atoms with E-state index in [9.17, 15) is 18.5 Å². The molecule has 0 bridgehead atoms. The zero-order chi connectivity index (χ0) is 15.6. The van der Waals surface area contributed by atoms with Crippen LogP contribution in [0.2, 0.25) is 0 Å². The van der Waals surface area contributed by atoms with Gasteiger partial charge in [-0.25, -0.2) is 8.42 Å². The molecule has 1 aromatic rings. The van der Waals surface area contributed by atoms with Gasteiger partial charge in [0.15, 0.2) is 5.75 Å². The van der Waals surface area contributed by atoms with Crippen LogP contribution in [-0.4, -0.2) is 37.3 Å². The molecule has 0 N–H and O–H groups in total. The summed E-state index contributed by atoms with van der Waals surface area (Å²) < 4.78 is 30.9. The van der Waals surface area contributed by atoms with Crippen LogP contribution in [0.4, 0.5) is 5.69 Å². The summed E-state index contributed by atoms with van der Waals surface area (Å²) in [6, 6.07) is 4.65. The average molecular weight is 311 g/mol. The average Bonchev–Trinajstić information content (AvgIpc) is 2.95. The Labute approximate surface area is 121 Å². The minimum absolute atomic E-state index is 0.0165. The second kappa shape index (κ2) is 5.67. The van der Waals surface area contributed by atoms with Crippen molar-refractivity contribution in [3.63, 3.8) is 0 Å². The van der Waals surface area contributed by atoms with Gasteiger partial charge in [-0.2, -0.15) is 9.57 Å². The second-order valence-electron chi connectivity index (χ2n) is 4.49. The standard InChI is InChI=1S/C12H13N3O5S/c1-20-12-5-4-10(7-11(12)15(16)17)21(18,19)14-6-2-3-9(14)8-13/h4-5,7,9H,2-3,6H2,1H3. The van der Waals surface area contributed by atoms with Crippen molar-refractivity contribution in [1.29, 1.82) is 5.26 Å². The SMILES string of the molecule is COc1ccc(S(=O)(=O)N2CCCC2C#N)cc1[N+](=O)[O-]. The molecule has 0 aromatic heterocycles. The number of nitriles is 1. The number of nitrogens with zero attached hydrogens (tertiary/aromatic N) is 3. The largest absolute Gasteiger partial charge is 0.490 e. The van der Waals surface area contributed by atoms with Crippen LogP contribution in [0.15, 0.2) is 23.1 Å². The molecule has 0 amide bonds. The third-order valence-corrected chi connectivity index (χ3v) is 5.21. The molecule has 1 aromatic carbocycles. The van der Waals surface area contributed by atoms with Gasteiger partial charge < -0.3 is 4.74 Å². The van der Waals surface area contributed by atoms with Gasteiger partial charge in [0.2, 0.25) is 10.0 Å². The highest BCUT2D eigenvalue weighted by atomic mass is 32.2. The maximum atomic E-state index is 12.5. The maximum absolute atomic E-state index is 12.5. The minimum Gasteiger partial charge on any atom is -0.490 e. The first kappa shape index (κ1) is 15.2. The minimum atomic E-state index is -3.93. The summed E-state index contributed by atoms with van der Waals surface area (Å²) in [7, 11) is -2.66. The van der Waals surface area contributed by atoms with Crippen molar-refractivity contribution in [2.24, 2.45) is 0 Å². The Bertz CT molecular complexity index is 710. The predicted octanol–water partition coefficient (Wildman–Crippen LogP) is 1.28. The number of rotatable bonds is 4. The Morgan fingerprint density at radius 3 is 2.81 bits per heavy atom. The van der Waals surface area contributed by atoms with E-state index in [2.05, 4.69) is 0 Å². The molecular weight excluding hydrogens is 298 g/mol. The monoisotopic (exact) mass is 311 g/mol. The molecule has 0 saturated carbocycles. The Morgan fingerprint density at radius 2 is 2.24 bits per heavy atom. The van der Waals surface area contributed by atoms with Gasteiger partial charge in [0.05, 0.1) is 23.0 Å². The summed E-state index contributed by atoms with van der Waals surface area (Å²) in [5.41, 5.74) is -0.425. The number of benzene rings is 1. The van der Waals surface area contributed by atoms with Gasteiger partial charge in [-0.15, -0.1) is 0 Å². The van der Waals surface area contributed by atoms with E-state index >= 15 is 0 Å². The van der Waals surface area contributed by atoms with Crippen LogP contribution in [0, 0.1) is 21.4 Å². The smallest absolute Gasteiger partial charge is 0.312 e. The molecular formula is C12H13N3O5S. The zero-order valence-corrected chi connectivity index (χ0v) is 12.0. The van der Waals surface area contributed by atoms with Crippen LogP contribution in [0.5, 0.6) is 5.75 Å². The summed E-state index contributed by atoms with van der Waals surface area (Å²) >= 11 is 0. The van der Waals surface area contributed by atoms with E-state index in [1.165, 1.54) is 19.2 Å². The normalized spacial score (nSPS) is 19.1. The van der Waals surface area contributed by atoms with Gasteiger partial charge in [0, 0.05) is 12.6 Å². The lowest BCUT2D eigenvalue weighted by molar-refractivity contribution is -0.386. The van der Waals surface area contributed by atoms with E-state index in [1.807, 2.05) is 6.07 Å². The van der Waals surface area contributed by atoms with Crippen LogP contribution in [0.25, 0.3) is 0 Å². The molecule has 2 rings (SSSR count). The molecule has 8 nitrogen and oxygen atoms in total. The fourth-order valence-corrected chi connectivity index (χ4v) is 3.89. The van der Waals surface area contributed by atoms with Gasteiger partial charge in [0.25, 0.3) is 0 Å². The Balaban J connectivity index is 2.48. The Morgan fingerprint density at radius 1 is 1.52 bits per heavy atom. The summed E-state index contributed by atoms with van der Waals surface area (Å²) in [4.78, 5) is 10.1. The van der Waals surface area contributed by atoms with E-state index in [4.69, 9.17) is 10.00 Å². The van der Waals surface area contributed by atoms with Crippen molar-refractivity contribution in [3.8, 4) is 11.8 Å². The fraction of sp³-hybridized carbons (Fsp3) is 0.417. The molecule has 1 fully saturated rings. The molecule has 1 aliphatic rings. The van der Waals surface area contributed by atoms with Crippen molar-refractivity contribution in [1.82, 2.24) is 4.31 Å². The van der Waals surface area contributed by atoms with E-state index in [1.54, 1.807) is 0 Å². The molecule has 0 spiro atoms. The van der Waals surface area contributed by atoms with Gasteiger partial charge in [-0.3, -0.25) is 10.1 Å². The van der Waals surface area contributed by atoms with Gasteiger partial charge >= 0.3 is 5.69 Å². The van der Waals surface area contributed by atoms with E-state index in [-0.39, 0.29) is 17.2 Å². The van der Waals surface area contributed by atoms with Crippen LogP contribution in [-0.2, 0) is 10.0 Å². The fourth-order valence-electron chi connectivity index (χ4n) is 2.27. The van der Waals surface area contributed by atoms with Gasteiger partial charge in [-0.05, 0) is 25.0 Å². The molecule has 1 atom stereocenters. The lowest BCUT2D eigenvalue weighted by atomic mass is 10.2. The molecule has 1 unspecified atom stereocenters. The summed E-state index contributed by atoms with van der Waals surface area (Å²) in [5, 5.41) is 20.0. The lowest BCUT2D eigenvalue weighted by Crippen LogP contribution is -2.34. The first-order valence-corrected chi connectivity index (χ1v) is 7.59. The van der Waals surface area contributed by atoms with E-state index < -0.39 is 26.7 Å². The van der Waals surface area contributed by atoms with Crippen molar-refractivity contribution in [3.05, 3.63) is 28.3 Å². The van der Waals surface area contributed by atoms with Crippen molar-refractivity contribution >= 4 is 15.7 Å². The number of sulfonamides is 1. The summed E-state index contributed by atoms with van der Waals surface area (Å²) in [6.07, 6.45) is 1.06. The van der Waals surface area contributed by atoms with Crippen LogP contribution in [0.3, 0.4) is 0 Å². The van der Waals surface area contributed by atoms with Gasteiger partial charge in [0.1, 0.15) is 6.04 Å². The van der Waals surface area contributed by atoms with Crippen molar-refractivity contribution < 1.29 is 18.1 Å². The zero-order valence-electron chi connectivity index (χ0n) is 11.2. The Kier molecular flexibility index (Phi) is 4.11. The van der Waals surface area contributed by atoms with Crippen LogP contribution in [0.1, 0.15) is 12.8 Å². The summed E-state index contributed by atoms with van der Waals surface area (Å²) in [6.45, 7) is 0.236. The molecule has 1 saturated heterocycles. The molecule has 0 radical (unpaired) electrons. The number of nitro benzene ring substituents is 1. The van der Waals surface area contributed by atoms with E-state index in [0.29, 0.717) is 12.8 Å². The maximum Gasteiger partial charge on any atom is 0.312 e. The van der Waals surface area contributed by atoms with Crippen LogP contribution < -0.4 is 4.74 Å². The topological polar surface area (TPSA) is 114 Å². The highest BCUT2D eigenvalue weighted by Crippen LogP contribution is 2.32. The number of ether oxygens (including phenoxy) is 1. The van der Waals surface area contributed by atoms with Crippen LogP contribution >= 0.6 is 0 Å². The number of methoxy groups -OCH3 is 1. The lowest BCUT2D eigenvalue weighted by Gasteiger charge is -2.19. The first-order chi connectivity index (χ1) is 9.91. The number of hydrogen-bond acceptors (Lipinski definition) is 6. The highest BCUT2D eigenvalue weighted by molar-refractivity contribution is 7.89. The quantitative estimate of drug-likeness (QED) is 0.611. The van der Waals surface area contributed by atoms with E-state index in [0.717, 1.165) is 10.4 Å². The third kappa shape index (κ3) is 2.68. The van der Waals surface area contributed by atoms with Gasteiger partial charge in [-0.1, -0.05) is 0 Å². The molecule has 1 heterocycles. The molecule has 112 valence electrons. The van der Waals surface area contributed by atoms with Crippen molar-refractivity contribution in [2.45, 2.75) is 23.8 Å². The molecule has 0 aliphatic carbocycles. The van der Waals surface area contributed by atoms with Crippen molar-refractivity contribution in [2.75, 3.05) is 13.7 Å². The number of nitro groups is 1. The summed E-state index contributed by atoms with van der Waals surface area (Å²) in [5.74, 6) is -0.0165. The highest BCUT2D eigenvalue weighted by Gasteiger charge is 2.36. The molecule has 9 heteroatoms. The molecule has 21 heavy (non-hydrogen) atoms. The second-order valence-corrected chi connectivity index (χ2v) is 6.38.